The van der Waals surface area contributed by atoms with Gasteiger partial charge in [-0.3, -0.25) is 4.90 Å². The van der Waals surface area contributed by atoms with Gasteiger partial charge in [-0.2, -0.15) is 0 Å². The highest BCUT2D eigenvalue weighted by atomic mass is 16.5. The number of piperazine rings is 1. The molecule has 17 heavy (non-hydrogen) atoms. The molecule has 1 aliphatic heterocycles. The van der Waals surface area contributed by atoms with Crippen LogP contribution in [0.15, 0.2) is 18.2 Å². The van der Waals surface area contributed by atoms with Crippen molar-refractivity contribution in [1.82, 2.24) is 10.2 Å². The molecule has 4 heteroatoms. The summed E-state index contributed by atoms with van der Waals surface area (Å²) >= 11 is 0. The summed E-state index contributed by atoms with van der Waals surface area (Å²) in [7, 11) is 1.66. The number of hydrogen-bond acceptors (Lipinski definition) is 4. The Kier molecular flexibility index (Phi) is 4.36. The van der Waals surface area contributed by atoms with Crippen molar-refractivity contribution in [3.8, 4) is 5.75 Å². The summed E-state index contributed by atoms with van der Waals surface area (Å²) in [6.07, 6.45) is 0. The zero-order chi connectivity index (χ0) is 12.1. The molecule has 1 aromatic rings. The second kappa shape index (κ2) is 6.00. The predicted octanol–water partition coefficient (Wildman–Crippen LogP) is 0.944. The largest absolute Gasteiger partial charge is 0.508 e. The quantitative estimate of drug-likeness (QED) is 0.817. The van der Waals surface area contributed by atoms with Gasteiger partial charge >= 0.3 is 0 Å². The fourth-order valence-corrected chi connectivity index (χ4v) is 2.11. The standard InChI is InChI=1S/C13H20N2O2/c1-17-10-11-2-3-12(13(16)8-11)9-15-6-4-14-5-7-15/h2-3,8,14,16H,4-7,9-10H2,1H3. The normalized spacial score (nSPS) is 17.2. The molecule has 2 rings (SSSR count). The van der Waals surface area contributed by atoms with Crippen LogP contribution >= 0.6 is 0 Å². The van der Waals surface area contributed by atoms with Gasteiger partial charge in [0.05, 0.1) is 6.61 Å². The highest BCUT2D eigenvalue weighted by Gasteiger charge is 2.12. The average Bonchev–Trinajstić information content (AvgIpc) is 2.34. The number of hydrogen-bond donors (Lipinski definition) is 2. The van der Waals surface area contributed by atoms with E-state index in [4.69, 9.17) is 4.74 Å². The van der Waals surface area contributed by atoms with Crippen molar-refractivity contribution < 1.29 is 9.84 Å². The summed E-state index contributed by atoms with van der Waals surface area (Å²) in [5, 5.41) is 13.3. The number of rotatable bonds is 4. The Bertz CT molecular complexity index is 362. The van der Waals surface area contributed by atoms with Crippen molar-refractivity contribution in [3.05, 3.63) is 29.3 Å². The Morgan fingerprint density at radius 1 is 1.35 bits per heavy atom. The second-order valence-electron chi connectivity index (χ2n) is 4.42. The molecule has 1 fully saturated rings. The van der Waals surface area contributed by atoms with Gasteiger partial charge in [-0.05, 0) is 11.6 Å². The lowest BCUT2D eigenvalue weighted by Crippen LogP contribution is -2.42. The number of methoxy groups -OCH3 is 1. The van der Waals surface area contributed by atoms with E-state index in [0.29, 0.717) is 12.4 Å². The summed E-state index contributed by atoms with van der Waals surface area (Å²) in [4.78, 5) is 2.35. The third kappa shape index (κ3) is 3.43. The lowest BCUT2D eigenvalue weighted by Gasteiger charge is -2.27. The smallest absolute Gasteiger partial charge is 0.120 e. The van der Waals surface area contributed by atoms with E-state index in [0.717, 1.165) is 43.9 Å². The van der Waals surface area contributed by atoms with Crippen LogP contribution in [0.4, 0.5) is 0 Å². The van der Waals surface area contributed by atoms with E-state index in [1.54, 1.807) is 13.2 Å². The van der Waals surface area contributed by atoms with Gasteiger partial charge in [-0.1, -0.05) is 12.1 Å². The molecule has 0 atom stereocenters. The monoisotopic (exact) mass is 236 g/mol. The van der Waals surface area contributed by atoms with E-state index in [-0.39, 0.29) is 0 Å². The molecule has 1 heterocycles. The van der Waals surface area contributed by atoms with E-state index >= 15 is 0 Å². The van der Waals surface area contributed by atoms with Gasteiger partial charge in [-0.25, -0.2) is 0 Å². The molecule has 1 aliphatic rings. The van der Waals surface area contributed by atoms with Gasteiger partial charge < -0.3 is 15.2 Å². The Labute approximate surface area is 102 Å². The molecular weight excluding hydrogens is 216 g/mol. The van der Waals surface area contributed by atoms with Crippen molar-refractivity contribution in [2.75, 3.05) is 33.3 Å². The maximum Gasteiger partial charge on any atom is 0.120 e. The topological polar surface area (TPSA) is 44.7 Å². The maximum atomic E-state index is 9.95. The Morgan fingerprint density at radius 3 is 2.76 bits per heavy atom. The van der Waals surface area contributed by atoms with Gasteiger partial charge in [-0.15, -0.1) is 0 Å². The minimum absolute atomic E-state index is 0.373. The van der Waals surface area contributed by atoms with Crippen molar-refractivity contribution >= 4 is 0 Å². The van der Waals surface area contributed by atoms with Gasteiger partial charge in [0.1, 0.15) is 5.75 Å². The highest BCUT2D eigenvalue weighted by molar-refractivity contribution is 5.36. The molecule has 2 N–H and O–H groups in total. The van der Waals surface area contributed by atoms with E-state index in [9.17, 15) is 5.11 Å². The number of nitrogens with one attached hydrogen (secondary N) is 1. The summed E-state index contributed by atoms with van der Waals surface area (Å²) < 4.78 is 5.04. The van der Waals surface area contributed by atoms with Gasteiger partial charge in [0.2, 0.25) is 0 Å². The summed E-state index contributed by atoms with van der Waals surface area (Å²) in [5.41, 5.74) is 2.00. The minimum atomic E-state index is 0.373. The first kappa shape index (κ1) is 12.4. The molecule has 1 aromatic carbocycles. The number of aromatic hydroxyl groups is 1. The van der Waals surface area contributed by atoms with Crippen molar-refractivity contribution in [2.24, 2.45) is 0 Å². The van der Waals surface area contributed by atoms with Crippen LogP contribution in [0.1, 0.15) is 11.1 Å². The molecule has 0 unspecified atom stereocenters. The number of nitrogens with zero attached hydrogens (tertiary/aromatic N) is 1. The number of phenolic OH excluding ortho intramolecular Hbond substituents is 1. The van der Waals surface area contributed by atoms with Crippen LogP contribution in [0.25, 0.3) is 0 Å². The van der Waals surface area contributed by atoms with Gasteiger partial charge in [0.15, 0.2) is 0 Å². The number of phenols is 1. The molecular formula is C13H20N2O2. The summed E-state index contributed by atoms with van der Waals surface area (Å²) in [6.45, 7) is 5.51. The Balaban J connectivity index is 2.00. The molecule has 1 saturated heterocycles. The summed E-state index contributed by atoms with van der Waals surface area (Å²) in [5.74, 6) is 0.373. The molecule has 0 aliphatic carbocycles. The Morgan fingerprint density at radius 2 is 2.12 bits per heavy atom. The van der Waals surface area contributed by atoms with Crippen LogP contribution in [-0.2, 0) is 17.9 Å². The third-order valence-electron chi connectivity index (χ3n) is 3.06. The molecule has 94 valence electrons. The van der Waals surface area contributed by atoms with Crippen LogP contribution < -0.4 is 5.32 Å². The fourth-order valence-electron chi connectivity index (χ4n) is 2.11. The first-order chi connectivity index (χ1) is 8.29. The maximum absolute atomic E-state index is 9.95. The van der Waals surface area contributed by atoms with Crippen LogP contribution in [0, 0.1) is 0 Å². The van der Waals surface area contributed by atoms with E-state index < -0.39 is 0 Å². The third-order valence-corrected chi connectivity index (χ3v) is 3.06. The van der Waals surface area contributed by atoms with Crippen LogP contribution in [-0.4, -0.2) is 43.3 Å². The average molecular weight is 236 g/mol. The number of ether oxygens (including phenoxy) is 1. The first-order valence-corrected chi connectivity index (χ1v) is 6.02. The van der Waals surface area contributed by atoms with E-state index in [1.807, 2.05) is 12.1 Å². The van der Waals surface area contributed by atoms with Crippen LogP contribution in [0.5, 0.6) is 5.75 Å². The lowest BCUT2D eigenvalue weighted by atomic mass is 10.1. The summed E-state index contributed by atoms with van der Waals surface area (Å²) in [6, 6.07) is 5.80. The first-order valence-electron chi connectivity index (χ1n) is 6.02. The molecule has 0 spiro atoms. The van der Waals surface area contributed by atoms with E-state index in [2.05, 4.69) is 10.2 Å². The van der Waals surface area contributed by atoms with E-state index in [1.165, 1.54) is 0 Å². The SMILES string of the molecule is COCc1ccc(CN2CCNCC2)c(O)c1. The molecule has 0 radical (unpaired) electrons. The van der Waals surface area contributed by atoms with Gasteiger partial charge in [0, 0.05) is 45.4 Å². The molecule has 0 amide bonds. The fraction of sp³-hybridized carbons (Fsp3) is 0.538. The van der Waals surface area contributed by atoms with Crippen molar-refractivity contribution in [1.29, 1.82) is 0 Å². The highest BCUT2D eigenvalue weighted by Crippen LogP contribution is 2.21. The van der Waals surface area contributed by atoms with Crippen LogP contribution in [0.2, 0.25) is 0 Å². The minimum Gasteiger partial charge on any atom is -0.508 e. The molecule has 4 nitrogen and oxygen atoms in total. The van der Waals surface area contributed by atoms with Gasteiger partial charge in [0.25, 0.3) is 0 Å². The zero-order valence-electron chi connectivity index (χ0n) is 10.3. The van der Waals surface area contributed by atoms with Crippen LogP contribution in [0.3, 0.4) is 0 Å². The Hall–Kier alpha value is -1.10. The second-order valence-corrected chi connectivity index (χ2v) is 4.42. The lowest BCUT2D eigenvalue weighted by molar-refractivity contribution is 0.184. The predicted molar refractivity (Wildman–Crippen MR) is 67.0 cm³/mol. The zero-order valence-corrected chi connectivity index (χ0v) is 10.3. The van der Waals surface area contributed by atoms with Crippen molar-refractivity contribution in [2.45, 2.75) is 13.2 Å². The van der Waals surface area contributed by atoms with Crippen molar-refractivity contribution in [3.63, 3.8) is 0 Å². The molecule has 0 aromatic heterocycles. The molecule has 0 bridgehead atoms. The number of benzene rings is 1. The molecule has 0 saturated carbocycles.